The van der Waals surface area contributed by atoms with Crippen LogP contribution in [0.15, 0.2) is 41.8 Å². The molecule has 1 N–H and O–H groups in total. The molecule has 0 unspecified atom stereocenters. The molecule has 0 radical (unpaired) electrons. The van der Waals surface area contributed by atoms with E-state index in [9.17, 15) is 26.4 Å². The first-order valence-electron chi connectivity index (χ1n) is 8.45. The second-order valence-corrected chi connectivity index (χ2v) is 8.10. The number of carbonyl (C=O) groups is 1. The van der Waals surface area contributed by atoms with Crippen molar-refractivity contribution in [1.29, 1.82) is 0 Å². The number of carbonyl (C=O) groups excluding carboxylic acids is 1. The number of hydrogen-bond donors (Lipinski definition) is 1. The molecule has 1 fully saturated rings. The van der Waals surface area contributed by atoms with Crippen LogP contribution in [0.4, 0.5) is 13.2 Å². The standard InChI is InChI=1S/C16H18F3N5O3S/c17-16(18,19)12-2-1-3-14(8-12)28(26,27)22-9-15(25)23-6-4-13(5-7-23)24-11-20-10-21-24/h1-3,8,10-11,13,22H,4-7,9H2. The Kier molecular flexibility index (Phi) is 5.70. The number of amides is 1. The molecule has 28 heavy (non-hydrogen) atoms. The number of piperidine rings is 1. The Bertz CT molecular complexity index is 923. The lowest BCUT2D eigenvalue weighted by Crippen LogP contribution is -2.44. The van der Waals surface area contributed by atoms with E-state index in [-0.39, 0.29) is 6.04 Å². The molecule has 0 saturated carbocycles. The van der Waals surface area contributed by atoms with E-state index in [1.807, 2.05) is 0 Å². The Hall–Kier alpha value is -2.47. The van der Waals surface area contributed by atoms with E-state index < -0.39 is 39.1 Å². The second kappa shape index (κ2) is 7.87. The summed E-state index contributed by atoms with van der Waals surface area (Å²) in [5.41, 5.74) is -1.07. The summed E-state index contributed by atoms with van der Waals surface area (Å²) >= 11 is 0. The molecule has 1 aliphatic rings. The van der Waals surface area contributed by atoms with Crippen LogP contribution in [0, 0.1) is 0 Å². The lowest BCUT2D eigenvalue weighted by Gasteiger charge is -2.31. The molecule has 3 rings (SSSR count). The molecule has 1 saturated heterocycles. The number of benzene rings is 1. The summed E-state index contributed by atoms with van der Waals surface area (Å²) < 4.78 is 66.6. The van der Waals surface area contributed by atoms with Crippen LogP contribution in [0.1, 0.15) is 24.4 Å². The maximum atomic E-state index is 12.8. The zero-order valence-electron chi connectivity index (χ0n) is 14.6. The van der Waals surface area contributed by atoms with E-state index in [0.29, 0.717) is 32.0 Å². The quantitative estimate of drug-likeness (QED) is 0.794. The van der Waals surface area contributed by atoms with Crippen molar-refractivity contribution in [3.8, 4) is 0 Å². The van der Waals surface area contributed by atoms with Crippen LogP contribution in [-0.4, -0.2) is 53.6 Å². The second-order valence-electron chi connectivity index (χ2n) is 6.34. The van der Waals surface area contributed by atoms with Crippen molar-refractivity contribution in [2.45, 2.75) is 30.0 Å². The fraction of sp³-hybridized carbons (Fsp3) is 0.438. The van der Waals surface area contributed by atoms with Gasteiger partial charge in [-0.2, -0.15) is 18.3 Å². The summed E-state index contributed by atoms with van der Waals surface area (Å²) in [5.74, 6) is -0.437. The molecule has 1 aliphatic heterocycles. The Morgan fingerprint density at radius 1 is 1.25 bits per heavy atom. The third-order valence-electron chi connectivity index (χ3n) is 4.51. The summed E-state index contributed by atoms with van der Waals surface area (Å²) in [6.07, 6.45) is -0.327. The minimum absolute atomic E-state index is 0.119. The fourth-order valence-electron chi connectivity index (χ4n) is 2.98. The minimum atomic E-state index is -4.66. The first-order chi connectivity index (χ1) is 13.2. The Morgan fingerprint density at radius 2 is 1.96 bits per heavy atom. The minimum Gasteiger partial charge on any atom is -0.341 e. The number of likely N-dealkylation sites (tertiary alicyclic amines) is 1. The average Bonchev–Trinajstić information content (AvgIpc) is 3.20. The van der Waals surface area contributed by atoms with Crippen molar-refractivity contribution in [3.63, 3.8) is 0 Å². The number of sulfonamides is 1. The molecule has 0 bridgehead atoms. The van der Waals surface area contributed by atoms with Crippen molar-refractivity contribution < 1.29 is 26.4 Å². The van der Waals surface area contributed by atoms with Gasteiger partial charge in [-0.1, -0.05) is 6.07 Å². The van der Waals surface area contributed by atoms with E-state index in [0.717, 1.165) is 18.2 Å². The fourth-order valence-corrected chi connectivity index (χ4v) is 4.00. The summed E-state index contributed by atoms with van der Waals surface area (Å²) in [7, 11) is -4.24. The molecular weight excluding hydrogens is 399 g/mol. The molecule has 0 atom stereocenters. The predicted molar refractivity (Wildman–Crippen MR) is 91.5 cm³/mol. The number of rotatable bonds is 5. The molecule has 2 heterocycles. The van der Waals surface area contributed by atoms with E-state index in [2.05, 4.69) is 14.8 Å². The number of alkyl halides is 3. The predicted octanol–water partition coefficient (Wildman–Crippen LogP) is 1.44. The van der Waals surface area contributed by atoms with E-state index >= 15 is 0 Å². The van der Waals surface area contributed by atoms with Crippen LogP contribution in [0.5, 0.6) is 0 Å². The molecule has 12 heteroatoms. The van der Waals surface area contributed by atoms with Crippen molar-refractivity contribution in [2.24, 2.45) is 0 Å². The third-order valence-corrected chi connectivity index (χ3v) is 5.91. The lowest BCUT2D eigenvalue weighted by atomic mass is 10.1. The van der Waals surface area contributed by atoms with Crippen molar-refractivity contribution in [1.82, 2.24) is 24.4 Å². The third kappa shape index (κ3) is 4.68. The van der Waals surface area contributed by atoms with Gasteiger partial charge >= 0.3 is 6.18 Å². The van der Waals surface area contributed by atoms with Gasteiger partial charge in [0, 0.05) is 13.1 Å². The van der Waals surface area contributed by atoms with Crippen molar-refractivity contribution in [3.05, 3.63) is 42.5 Å². The molecule has 0 aliphatic carbocycles. The first kappa shape index (κ1) is 20.3. The smallest absolute Gasteiger partial charge is 0.341 e. The van der Waals surface area contributed by atoms with E-state index in [4.69, 9.17) is 0 Å². The maximum absolute atomic E-state index is 12.8. The topological polar surface area (TPSA) is 97.2 Å². The normalized spacial score (nSPS) is 16.3. The number of nitrogens with zero attached hydrogens (tertiary/aromatic N) is 4. The lowest BCUT2D eigenvalue weighted by molar-refractivity contribution is -0.137. The zero-order chi connectivity index (χ0) is 20.4. The van der Waals surface area contributed by atoms with Gasteiger partial charge in [0.25, 0.3) is 0 Å². The molecule has 152 valence electrons. The molecule has 1 aromatic carbocycles. The summed E-state index contributed by atoms with van der Waals surface area (Å²) in [6.45, 7) is 0.329. The Labute approximate surface area is 159 Å². The summed E-state index contributed by atoms with van der Waals surface area (Å²) in [4.78, 5) is 17.1. The highest BCUT2D eigenvalue weighted by Gasteiger charge is 2.32. The highest BCUT2D eigenvalue weighted by Crippen LogP contribution is 2.30. The average molecular weight is 417 g/mol. The number of aromatic nitrogens is 3. The van der Waals surface area contributed by atoms with Crippen LogP contribution in [0.25, 0.3) is 0 Å². The summed E-state index contributed by atoms with van der Waals surface area (Å²) in [5, 5.41) is 4.07. The molecule has 8 nitrogen and oxygen atoms in total. The number of hydrogen-bond acceptors (Lipinski definition) is 5. The monoisotopic (exact) mass is 417 g/mol. The van der Waals surface area contributed by atoms with Gasteiger partial charge in [-0.25, -0.2) is 22.8 Å². The van der Waals surface area contributed by atoms with Crippen LogP contribution in [-0.2, 0) is 21.0 Å². The molecular formula is C16H18F3N5O3S. The van der Waals surface area contributed by atoms with Crippen molar-refractivity contribution in [2.75, 3.05) is 19.6 Å². The van der Waals surface area contributed by atoms with Gasteiger partial charge in [-0.05, 0) is 31.0 Å². The Morgan fingerprint density at radius 3 is 2.57 bits per heavy atom. The summed E-state index contributed by atoms with van der Waals surface area (Å²) in [6, 6.07) is 3.49. The van der Waals surface area contributed by atoms with Crippen LogP contribution in [0.3, 0.4) is 0 Å². The first-order valence-corrected chi connectivity index (χ1v) is 9.94. The van der Waals surface area contributed by atoms with Gasteiger partial charge in [0.2, 0.25) is 15.9 Å². The van der Waals surface area contributed by atoms with Gasteiger partial charge < -0.3 is 4.90 Å². The van der Waals surface area contributed by atoms with Crippen LogP contribution < -0.4 is 4.72 Å². The molecule has 0 spiro atoms. The SMILES string of the molecule is O=C(CNS(=O)(=O)c1cccc(C(F)(F)F)c1)N1CCC(n2cncn2)CC1. The van der Waals surface area contributed by atoms with Gasteiger partial charge in [-0.3, -0.25) is 4.79 Å². The largest absolute Gasteiger partial charge is 0.416 e. The molecule has 1 aromatic heterocycles. The van der Waals surface area contributed by atoms with Gasteiger partial charge in [0.1, 0.15) is 12.7 Å². The highest BCUT2D eigenvalue weighted by molar-refractivity contribution is 7.89. The van der Waals surface area contributed by atoms with Gasteiger partial charge in [0.05, 0.1) is 23.0 Å². The molecule has 2 aromatic rings. The van der Waals surface area contributed by atoms with Crippen LogP contribution >= 0.6 is 0 Å². The zero-order valence-corrected chi connectivity index (χ0v) is 15.4. The Balaban J connectivity index is 1.57. The number of halogens is 3. The number of nitrogens with one attached hydrogen (secondary N) is 1. The van der Waals surface area contributed by atoms with Gasteiger partial charge in [0.15, 0.2) is 0 Å². The van der Waals surface area contributed by atoms with E-state index in [1.54, 1.807) is 11.0 Å². The maximum Gasteiger partial charge on any atom is 0.416 e. The van der Waals surface area contributed by atoms with E-state index in [1.165, 1.54) is 11.2 Å². The van der Waals surface area contributed by atoms with Gasteiger partial charge in [-0.15, -0.1) is 0 Å². The highest BCUT2D eigenvalue weighted by atomic mass is 32.2. The molecule has 1 amide bonds. The van der Waals surface area contributed by atoms with Crippen LogP contribution in [0.2, 0.25) is 0 Å². The van der Waals surface area contributed by atoms with Crippen molar-refractivity contribution >= 4 is 15.9 Å².